The predicted octanol–water partition coefficient (Wildman–Crippen LogP) is 4.12. The van der Waals surface area contributed by atoms with Gasteiger partial charge in [0.25, 0.3) is 5.91 Å². The van der Waals surface area contributed by atoms with Crippen LogP contribution in [0.1, 0.15) is 22.3 Å². The number of nitrogens with one attached hydrogen (secondary N) is 1. The topological polar surface area (TPSA) is 46.9 Å². The summed E-state index contributed by atoms with van der Waals surface area (Å²) in [7, 11) is 0. The molecule has 4 nitrogen and oxygen atoms in total. The summed E-state index contributed by atoms with van der Waals surface area (Å²) in [5, 5.41) is 2.88. The average molecular weight is 333 g/mol. The van der Waals surface area contributed by atoms with Gasteiger partial charge in [0.05, 0.1) is 12.0 Å². The van der Waals surface area contributed by atoms with Crippen molar-refractivity contribution in [3.8, 4) is 5.69 Å². The standard InChI is InChI=1S/C20H16FN3O/c1-12-7-13(2)19-15(20(25)23-17(19)8-12)9-14-3-4-18(16(21)10-14)24-6-5-22-11-24/h3-11H,1-2H3,(H,23,25)/b15-9+. The van der Waals surface area contributed by atoms with Crippen molar-refractivity contribution in [3.63, 3.8) is 0 Å². The first-order chi connectivity index (χ1) is 12.0. The van der Waals surface area contributed by atoms with Gasteiger partial charge in [0.1, 0.15) is 5.82 Å². The van der Waals surface area contributed by atoms with E-state index in [0.717, 1.165) is 22.4 Å². The van der Waals surface area contributed by atoms with Crippen LogP contribution in [0, 0.1) is 19.7 Å². The first kappa shape index (κ1) is 15.3. The van der Waals surface area contributed by atoms with Crippen LogP contribution < -0.4 is 5.32 Å². The van der Waals surface area contributed by atoms with Crippen LogP contribution in [0.2, 0.25) is 0 Å². The molecule has 25 heavy (non-hydrogen) atoms. The Bertz CT molecular complexity index is 1020. The molecule has 1 aliphatic rings. The lowest BCUT2D eigenvalue weighted by molar-refractivity contribution is -0.110. The maximum atomic E-state index is 14.4. The highest BCUT2D eigenvalue weighted by atomic mass is 19.1. The Labute approximate surface area is 144 Å². The zero-order chi connectivity index (χ0) is 17.6. The minimum atomic E-state index is -0.369. The van der Waals surface area contributed by atoms with Crippen molar-refractivity contribution in [2.24, 2.45) is 0 Å². The molecule has 0 atom stereocenters. The maximum Gasteiger partial charge on any atom is 0.256 e. The summed E-state index contributed by atoms with van der Waals surface area (Å²) < 4.78 is 16.0. The number of hydrogen-bond acceptors (Lipinski definition) is 2. The van der Waals surface area contributed by atoms with Crippen LogP contribution in [0.4, 0.5) is 10.1 Å². The van der Waals surface area contributed by atoms with Crippen molar-refractivity contribution in [3.05, 3.63) is 77.1 Å². The molecule has 2 aromatic carbocycles. The number of nitrogens with zero attached hydrogens (tertiary/aromatic N) is 2. The molecular weight excluding hydrogens is 317 g/mol. The van der Waals surface area contributed by atoms with E-state index in [1.165, 1.54) is 6.07 Å². The van der Waals surface area contributed by atoms with Gasteiger partial charge in [-0.3, -0.25) is 4.79 Å². The van der Waals surface area contributed by atoms with E-state index in [-0.39, 0.29) is 11.7 Å². The van der Waals surface area contributed by atoms with E-state index >= 15 is 0 Å². The normalized spacial score (nSPS) is 14.7. The second kappa shape index (κ2) is 5.70. The Hall–Kier alpha value is -3.21. The van der Waals surface area contributed by atoms with Crippen LogP contribution in [0.25, 0.3) is 17.3 Å². The summed E-state index contributed by atoms with van der Waals surface area (Å²) in [6.07, 6.45) is 6.55. The summed E-state index contributed by atoms with van der Waals surface area (Å²) in [6, 6.07) is 8.88. The third-order valence-corrected chi connectivity index (χ3v) is 4.31. The van der Waals surface area contributed by atoms with Gasteiger partial charge in [0.2, 0.25) is 0 Å². The van der Waals surface area contributed by atoms with Crippen molar-refractivity contribution < 1.29 is 9.18 Å². The molecule has 0 saturated heterocycles. The fourth-order valence-electron chi connectivity index (χ4n) is 3.26. The molecule has 5 heteroatoms. The maximum absolute atomic E-state index is 14.4. The molecule has 0 bridgehead atoms. The van der Waals surface area contributed by atoms with E-state index in [1.807, 2.05) is 26.0 Å². The molecule has 124 valence electrons. The van der Waals surface area contributed by atoms with Crippen molar-refractivity contribution in [2.45, 2.75) is 13.8 Å². The van der Waals surface area contributed by atoms with Crippen LogP contribution in [0.3, 0.4) is 0 Å². The highest BCUT2D eigenvalue weighted by Gasteiger charge is 2.26. The molecule has 3 aromatic rings. The highest BCUT2D eigenvalue weighted by Crippen LogP contribution is 2.36. The lowest BCUT2D eigenvalue weighted by Crippen LogP contribution is -2.03. The molecule has 0 fully saturated rings. The molecule has 0 radical (unpaired) electrons. The van der Waals surface area contributed by atoms with Gasteiger partial charge in [-0.15, -0.1) is 0 Å². The molecule has 1 aromatic heterocycles. The fraction of sp³-hybridized carbons (Fsp3) is 0.100. The zero-order valence-electron chi connectivity index (χ0n) is 13.9. The van der Waals surface area contributed by atoms with E-state index in [9.17, 15) is 9.18 Å². The van der Waals surface area contributed by atoms with Crippen LogP contribution in [0.5, 0.6) is 0 Å². The number of imidazole rings is 1. The Morgan fingerprint density at radius 1 is 1.20 bits per heavy atom. The predicted molar refractivity (Wildman–Crippen MR) is 95.9 cm³/mol. The second-order valence-electron chi connectivity index (χ2n) is 6.20. The van der Waals surface area contributed by atoms with Crippen molar-refractivity contribution >= 4 is 23.2 Å². The average Bonchev–Trinajstić information content (AvgIpc) is 3.16. The van der Waals surface area contributed by atoms with Gasteiger partial charge in [0, 0.05) is 29.2 Å². The molecule has 1 N–H and O–H groups in total. The largest absolute Gasteiger partial charge is 0.321 e. The van der Waals surface area contributed by atoms with Gasteiger partial charge >= 0.3 is 0 Å². The molecule has 1 amide bonds. The zero-order valence-corrected chi connectivity index (χ0v) is 13.9. The number of amides is 1. The smallest absolute Gasteiger partial charge is 0.256 e. The summed E-state index contributed by atoms with van der Waals surface area (Å²) in [5.74, 6) is -0.533. The Balaban J connectivity index is 1.78. The minimum absolute atomic E-state index is 0.164. The monoisotopic (exact) mass is 333 g/mol. The third-order valence-electron chi connectivity index (χ3n) is 4.31. The van der Waals surface area contributed by atoms with Crippen LogP contribution in [-0.2, 0) is 4.79 Å². The number of carbonyl (C=O) groups is 1. The van der Waals surface area contributed by atoms with Gasteiger partial charge in [-0.05, 0) is 54.8 Å². The molecule has 4 rings (SSSR count). The number of rotatable bonds is 2. The van der Waals surface area contributed by atoms with Gasteiger partial charge in [-0.1, -0.05) is 12.1 Å². The molecular formula is C20H16FN3O. The van der Waals surface area contributed by atoms with E-state index in [4.69, 9.17) is 0 Å². The van der Waals surface area contributed by atoms with E-state index < -0.39 is 0 Å². The molecule has 0 unspecified atom stereocenters. The highest BCUT2D eigenvalue weighted by molar-refractivity contribution is 6.35. The first-order valence-electron chi connectivity index (χ1n) is 7.95. The molecule has 0 saturated carbocycles. The second-order valence-corrected chi connectivity index (χ2v) is 6.20. The number of fused-ring (bicyclic) bond motifs is 1. The number of aromatic nitrogens is 2. The SMILES string of the molecule is Cc1cc(C)c2c(c1)NC(=O)/C2=C/c1ccc(-n2ccnc2)c(F)c1. The third kappa shape index (κ3) is 2.63. The quantitative estimate of drug-likeness (QED) is 0.717. The summed E-state index contributed by atoms with van der Waals surface area (Å²) in [6.45, 7) is 3.97. The van der Waals surface area contributed by atoms with E-state index in [0.29, 0.717) is 16.8 Å². The van der Waals surface area contributed by atoms with Crippen LogP contribution >= 0.6 is 0 Å². The Morgan fingerprint density at radius 2 is 2.04 bits per heavy atom. The number of benzene rings is 2. The number of hydrogen-bond donors (Lipinski definition) is 1. The van der Waals surface area contributed by atoms with Gasteiger partial charge in [0.15, 0.2) is 0 Å². The Kier molecular flexibility index (Phi) is 3.50. The number of carbonyl (C=O) groups excluding carboxylic acids is 1. The van der Waals surface area contributed by atoms with Crippen molar-refractivity contribution in [1.29, 1.82) is 0 Å². The molecule has 0 spiro atoms. The lowest BCUT2D eigenvalue weighted by atomic mass is 9.97. The summed E-state index contributed by atoms with van der Waals surface area (Å²) in [4.78, 5) is 16.3. The van der Waals surface area contributed by atoms with Crippen LogP contribution in [-0.4, -0.2) is 15.5 Å². The number of halogens is 1. The minimum Gasteiger partial charge on any atom is -0.321 e. The van der Waals surface area contributed by atoms with Crippen LogP contribution in [0.15, 0.2) is 49.1 Å². The lowest BCUT2D eigenvalue weighted by Gasteiger charge is -2.07. The van der Waals surface area contributed by atoms with E-state index in [1.54, 1.807) is 41.5 Å². The number of aryl methyl sites for hydroxylation is 2. The van der Waals surface area contributed by atoms with E-state index in [2.05, 4.69) is 10.3 Å². The fourth-order valence-corrected chi connectivity index (χ4v) is 3.26. The number of anilines is 1. The van der Waals surface area contributed by atoms with Gasteiger partial charge in [-0.2, -0.15) is 0 Å². The Morgan fingerprint density at radius 3 is 2.76 bits per heavy atom. The molecule has 1 aliphatic heterocycles. The first-order valence-corrected chi connectivity index (χ1v) is 7.95. The summed E-state index contributed by atoms with van der Waals surface area (Å²) >= 11 is 0. The van der Waals surface area contributed by atoms with Crippen molar-refractivity contribution in [1.82, 2.24) is 9.55 Å². The molecule has 0 aliphatic carbocycles. The van der Waals surface area contributed by atoms with Crippen molar-refractivity contribution in [2.75, 3.05) is 5.32 Å². The van der Waals surface area contributed by atoms with Gasteiger partial charge < -0.3 is 9.88 Å². The summed E-state index contributed by atoms with van der Waals surface area (Å²) in [5.41, 5.74) is 5.42. The molecule has 2 heterocycles. The van der Waals surface area contributed by atoms with Gasteiger partial charge in [-0.25, -0.2) is 9.37 Å².